The van der Waals surface area contributed by atoms with Crippen LogP contribution in [0.2, 0.25) is 0 Å². The molecule has 0 spiro atoms. The van der Waals surface area contributed by atoms with Gasteiger partial charge in [0.15, 0.2) is 5.17 Å². The number of ether oxygens (including phenoxy) is 1. The zero-order chi connectivity index (χ0) is 20.3. The van der Waals surface area contributed by atoms with Crippen LogP contribution in [0, 0.1) is 0 Å². The summed E-state index contributed by atoms with van der Waals surface area (Å²) in [7, 11) is 1.64. The highest BCUT2D eigenvalue weighted by atomic mass is 79.9. The molecule has 1 aliphatic rings. The number of carboxylic acids is 1. The Hall–Kier alpha value is -2.58. The fraction of sp³-hybridized carbons (Fsp3) is 0.150. The average molecular weight is 461 g/mol. The van der Waals surface area contributed by atoms with Crippen molar-refractivity contribution in [1.82, 2.24) is 4.90 Å². The van der Waals surface area contributed by atoms with Crippen LogP contribution in [0.5, 0.6) is 5.75 Å². The molecular formula is C20H17BrN2O4S. The van der Waals surface area contributed by atoms with Crippen LogP contribution >= 0.6 is 27.7 Å². The van der Waals surface area contributed by atoms with Gasteiger partial charge in [0.05, 0.1) is 27.2 Å². The van der Waals surface area contributed by atoms with Gasteiger partial charge in [0, 0.05) is 7.05 Å². The molecule has 0 aromatic heterocycles. The van der Waals surface area contributed by atoms with E-state index in [1.165, 1.54) is 28.8 Å². The van der Waals surface area contributed by atoms with E-state index < -0.39 is 5.97 Å². The van der Waals surface area contributed by atoms with Crippen LogP contribution in [0.3, 0.4) is 0 Å². The van der Waals surface area contributed by atoms with E-state index in [4.69, 9.17) is 9.84 Å². The number of carboxylic acid groups (broad SMARTS) is 1. The lowest BCUT2D eigenvalue weighted by Crippen LogP contribution is -2.23. The number of rotatable bonds is 5. The highest BCUT2D eigenvalue weighted by Crippen LogP contribution is 2.34. The van der Waals surface area contributed by atoms with Crippen molar-refractivity contribution in [2.75, 3.05) is 13.7 Å². The van der Waals surface area contributed by atoms with Crippen molar-refractivity contribution < 1.29 is 19.4 Å². The molecule has 1 amide bonds. The van der Waals surface area contributed by atoms with Gasteiger partial charge in [-0.2, -0.15) is 0 Å². The molecule has 0 aliphatic carbocycles. The van der Waals surface area contributed by atoms with E-state index in [-0.39, 0.29) is 11.5 Å². The number of hydrogen-bond donors (Lipinski definition) is 1. The van der Waals surface area contributed by atoms with E-state index in [0.717, 1.165) is 15.8 Å². The van der Waals surface area contributed by atoms with E-state index in [9.17, 15) is 9.59 Å². The van der Waals surface area contributed by atoms with Crippen LogP contribution in [0.4, 0.5) is 5.69 Å². The SMILES string of the molecule is CCOc1ccc(/C=C2/SC(=Nc3cccc(C(=O)O)c3)N(C)C2=O)cc1Br. The molecule has 8 heteroatoms. The summed E-state index contributed by atoms with van der Waals surface area (Å²) >= 11 is 4.72. The average Bonchev–Trinajstić information content (AvgIpc) is 2.92. The second-order valence-corrected chi connectivity index (χ2v) is 7.71. The molecule has 0 saturated carbocycles. The third kappa shape index (κ3) is 4.45. The fourth-order valence-electron chi connectivity index (χ4n) is 2.50. The van der Waals surface area contributed by atoms with Gasteiger partial charge in [0.1, 0.15) is 5.75 Å². The fourth-order valence-corrected chi connectivity index (χ4v) is 4.00. The summed E-state index contributed by atoms with van der Waals surface area (Å²) in [5, 5.41) is 9.60. The predicted octanol–water partition coefficient (Wildman–Crippen LogP) is 4.78. The first-order valence-corrected chi connectivity index (χ1v) is 10.0. The molecule has 3 rings (SSSR count). The van der Waals surface area contributed by atoms with Crippen molar-refractivity contribution in [2.45, 2.75) is 6.92 Å². The highest BCUT2D eigenvalue weighted by Gasteiger charge is 2.30. The smallest absolute Gasteiger partial charge is 0.335 e. The van der Waals surface area contributed by atoms with E-state index in [0.29, 0.717) is 22.4 Å². The highest BCUT2D eigenvalue weighted by molar-refractivity contribution is 9.10. The summed E-state index contributed by atoms with van der Waals surface area (Å²) in [4.78, 5) is 30.1. The lowest BCUT2D eigenvalue weighted by Gasteiger charge is -2.07. The molecule has 2 aromatic rings. The first-order chi connectivity index (χ1) is 13.4. The van der Waals surface area contributed by atoms with Crippen LogP contribution in [-0.2, 0) is 4.79 Å². The molecule has 28 heavy (non-hydrogen) atoms. The maximum absolute atomic E-state index is 12.6. The normalized spacial score (nSPS) is 16.8. The maximum atomic E-state index is 12.6. The Morgan fingerprint density at radius 2 is 2.11 bits per heavy atom. The van der Waals surface area contributed by atoms with E-state index in [1.807, 2.05) is 25.1 Å². The second-order valence-electron chi connectivity index (χ2n) is 5.85. The number of thioether (sulfide) groups is 1. The molecule has 1 aliphatic heterocycles. The number of hydrogen-bond acceptors (Lipinski definition) is 5. The van der Waals surface area contributed by atoms with Gasteiger partial charge in [-0.1, -0.05) is 12.1 Å². The van der Waals surface area contributed by atoms with Crippen molar-refractivity contribution in [2.24, 2.45) is 4.99 Å². The quantitative estimate of drug-likeness (QED) is 0.649. The number of benzene rings is 2. The third-order valence-corrected chi connectivity index (χ3v) is 5.55. The number of halogens is 1. The van der Waals surface area contributed by atoms with Gasteiger partial charge in [0.2, 0.25) is 0 Å². The number of carbonyl (C=O) groups is 2. The number of nitrogens with zero attached hydrogens (tertiary/aromatic N) is 2. The molecule has 1 heterocycles. The first kappa shape index (κ1) is 20.2. The van der Waals surface area contributed by atoms with Gasteiger partial charge in [0.25, 0.3) is 5.91 Å². The van der Waals surface area contributed by atoms with Gasteiger partial charge in [-0.15, -0.1) is 0 Å². The van der Waals surface area contributed by atoms with Crippen LogP contribution < -0.4 is 4.74 Å². The van der Waals surface area contributed by atoms with Crippen molar-refractivity contribution in [3.63, 3.8) is 0 Å². The zero-order valence-electron chi connectivity index (χ0n) is 15.2. The largest absolute Gasteiger partial charge is 0.493 e. The molecule has 1 saturated heterocycles. The van der Waals surface area contributed by atoms with Crippen molar-refractivity contribution in [3.05, 3.63) is 63.0 Å². The summed E-state index contributed by atoms with van der Waals surface area (Å²) in [6.45, 7) is 2.49. The van der Waals surface area contributed by atoms with Gasteiger partial charge in [-0.3, -0.25) is 9.69 Å². The Morgan fingerprint density at radius 3 is 2.79 bits per heavy atom. The molecule has 2 aromatic carbocycles. The molecule has 1 fully saturated rings. The summed E-state index contributed by atoms with van der Waals surface area (Å²) in [6.07, 6.45) is 1.79. The van der Waals surface area contributed by atoms with E-state index >= 15 is 0 Å². The lowest BCUT2D eigenvalue weighted by atomic mass is 10.2. The number of aromatic carboxylic acids is 1. The van der Waals surface area contributed by atoms with Gasteiger partial charge in [-0.25, -0.2) is 9.79 Å². The second kappa shape index (κ2) is 8.62. The minimum absolute atomic E-state index is 0.147. The number of amides is 1. The van der Waals surface area contributed by atoms with Crippen molar-refractivity contribution in [3.8, 4) is 5.75 Å². The minimum atomic E-state index is -1.02. The monoisotopic (exact) mass is 460 g/mol. The number of aliphatic imine (C=N–C) groups is 1. The Labute approximate surface area is 175 Å². The van der Waals surface area contributed by atoms with Crippen LogP contribution in [-0.4, -0.2) is 40.7 Å². The zero-order valence-corrected chi connectivity index (χ0v) is 17.6. The summed E-state index contributed by atoms with van der Waals surface area (Å²) in [6, 6.07) is 11.9. The Balaban J connectivity index is 1.87. The van der Waals surface area contributed by atoms with Crippen molar-refractivity contribution >= 4 is 56.5 Å². The summed E-state index contributed by atoms with van der Waals surface area (Å²) in [5.41, 5.74) is 1.48. The minimum Gasteiger partial charge on any atom is -0.493 e. The molecular weight excluding hydrogens is 444 g/mol. The van der Waals surface area contributed by atoms with Gasteiger partial charge < -0.3 is 9.84 Å². The Kier molecular flexibility index (Phi) is 6.21. The third-order valence-electron chi connectivity index (χ3n) is 3.87. The Morgan fingerprint density at radius 1 is 1.32 bits per heavy atom. The predicted molar refractivity (Wildman–Crippen MR) is 114 cm³/mol. The number of amidine groups is 1. The molecule has 144 valence electrons. The summed E-state index contributed by atoms with van der Waals surface area (Å²) < 4.78 is 6.31. The number of carbonyl (C=O) groups excluding carboxylic acids is 1. The van der Waals surface area contributed by atoms with E-state index in [2.05, 4.69) is 20.9 Å². The van der Waals surface area contributed by atoms with Crippen LogP contribution in [0.25, 0.3) is 6.08 Å². The first-order valence-electron chi connectivity index (χ1n) is 8.41. The molecule has 0 radical (unpaired) electrons. The summed E-state index contributed by atoms with van der Waals surface area (Å²) in [5.74, 6) is -0.442. The standard InChI is InChI=1S/C20H17BrN2O4S/c1-3-27-16-8-7-12(9-15(16)21)10-17-18(24)23(2)20(28-17)22-14-6-4-5-13(11-14)19(25)26/h4-11H,3H2,1-2H3,(H,25,26)/b17-10+,22-20?. The van der Waals surface area contributed by atoms with Crippen LogP contribution in [0.1, 0.15) is 22.8 Å². The van der Waals surface area contributed by atoms with Crippen LogP contribution in [0.15, 0.2) is 56.8 Å². The van der Waals surface area contributed by atoms with Gasteiger partial charge in [-0.05, 0) is 76.6 Å². The van der Waals surface area contributed by atoms with Crippen molar-refractivity contribution in [1.29, 1.82) is 0 Å². The topological polar surface area (TPSA) is 79.2 Å². The lowest BCUT2D eigenvalue weighted by molar-refractivity contribution is -0.121. The molecule has 0 unspecified atom stereocenters. The molecule has 0 bridgehead atoms. The van der Waals surface area contributed by atoms with Gasteiger partial charge >= 0.3 is 5.97 Å². The maximum Gasteiger partial charge on any atom is 0.335 e. The van der Waals surface area contributed by atoms with E-state index in [1.54, 1.807) is 25.3 Å². The molecule has 6 nitrogen and oxygen atoms in total. The Bertz CT molecular complexity index is 1000. The number of likely N-dealkylation sites (N-methyl/N-ethyl adjacent to an activating group) is 1. The molecule has 1 N–H and O–H groups in total. The molecule has 0 atom stereocenters.